The van der Waals surface area contributed by atoms with Crippen molar-refractivity contribution in [1.82, 2.24) is 14.9 Å². The Kier molecular flexibility index (Phi) is 5.21. The number of amides is 1. The number of nitrogens with two attached hydrogens (primary N) is 1. The zero-order valence-corrected chi connectivity index (χ0v) is 15.1. The first kappa shape index (κ1) is 17.6. The number of carbonyl (C=O) groups excluding carboxylic acids is 1. The third kappa shape index (κ3) is 4.39. The summed E-state index contributed by atoms with van der Waals surface area (Å²) in [6, 6.07) is 5.37. The predicted octanol–water partition coefficient (Wildman–Crippen LogP) is 2.98. The van der Waals surface area contributed by atoms with Crippen LogP contribution in [-0.4, -0.2) is 26.5 Å². The van der Waals surface area contributed by atoms with E-state index in [2.05, 4.69) is 15.5 Å². The molecule has 1 heterocycles. The van der Waals surface area contributed by atoms with Crippen molar-refractivity contribution >= 4 is 35.0 Å². The first-order valence-electron chi connectivity index (χ1n) is 7.08. The van der Waals surface area contributed by atoms with Gasteiger partial charge in [-0.25, -0.2) is 4.68 Å². The molecule has 0 aliphatic heterocycles. The lowest BCUT2D eigenvalue weighted by atomic mass is 9.96. The predicted molar refractivity (Wildman–Crippen MR) is 94.4 cm³/mol. The van der Waals surface area contributed by atoms with Crippen LogP contribution in [0.15, 0.2) is 23.4 Å². The van der Waals surface area contributed by atoms with E-state index in [0.717, 1.165) is 5.56 Å². The molecule has 8 heteroatoms. The number of aromatic nitrogens is 3. The fourth-order valence-electron chi connectivity index (χ4n) is 1.93. The summed E-state index contributed by atoms with van der Waals surface area (Å²) in [6.45, 7) is 7.92. The molecular weight excluding hydrogens is 334 g/mol. The van der Waals surface area contributed by atoms with E-state index >= 15 is 0 Å². The number of thioether (sulfide) groups is 1. The number of hydrogen-bond acceptors (Lipinski definition) is 5. The fraction of sp³-hybridized carbons (Fsp3) is 0.400. The highest BCUT2D eigenvalue weighted by Crippen LogP contribution is 2.24. The number of nitrogen functional groups attached to an aromatic ring is 1. The lowest BCUT2D eigenvalue weighted by Gasteiger charge is -2.16. The maximum absolute atomic E-state index is 12.1. The van der Waals surface area contributed by atoms with E-state index in [1.54, 1.807) is 12.1 Å². The summed E-state index contributed by atoms with van der Waals surface area (Å²) in [5.74, 6) is 6.70. The molecule has 2 aromatic rings. The molecule has 1 amide bonds. The van der Waals surface area contributed by atoms with Gasteiger partial charge in [0.05, 0.1) is 5.75 Å². The first-order valence-corrected chi connectivity index (χ1v) is 8.44. The van der Waals surface area contributed by atoms with Gasteiger partial charge in [0.25, 0.3) is 0 Å². The molecule has 2 rings (SSSR count). The van der Waals surface area contributed by atoms with Gasteiger partial charge in [-0.3, -0.25) is 4.79 Å². The second-order valence-electron chi connectivity index (χ2n) is 6.22. The molecule has 0 bridgehead atoms. The summed E-state index contributed by atoms with van der Waals surface area (Å²) in [5, 5.41) is 12.1. The molecule has 0 aliphatic carbocycles. The van der Waals surface area contributed by atoms with Crippen LogP contribution in [0.2, 0.25) is 5.02 Å². The van der Waals surface area contributed by atoms with E-state index in [0.29, 0.717) is 21.7 Å². The Bertz CT molecular complexity index is 723. The quantitative estimate of drug-likeness (QED) is 0.652. The number of nitrogens with one attached hydrogen (secondary N) is 1. The van der Waals surface area contributed by atoms with Gasteiger partial charge in [-0.05, 0) is 24.6 Å². The van der Waals surface area contributed by atoms with Crippen molar-refractivity contribution < 1.29 is 4.79 Å². The highest BCUT2D eigenvalue weighted by Gasteiger charge is 2.23. The van der Waals surface area contributed by atoms with E-state index in [1.165, 1.54) is 16.4 Å². The minimum absolute atomic E-state index is 0.152. The Hall–Kier alpha value is -1.73. The van der Waals surface area contributed by atoms with Crippen molar-refractivity contribution in [2.45, 2.75) is 38.3 Å². The molecule has 1 aromatic heterocycles. The lowest BCUT2D eigenvalue weighted by Crippen LogP contribution is -2.24. The van der Waals surface area contributed by atoms with E-state index in [-0.39, 0.29) is 17.1 Å². The van der Waals surface area contributed by atoms with Crippen LogP contribution >= 0.6 is 23.4 Å². The van der Waals surface area contributed by atoms with Crippen molar-refractivity contribution in [3.63, 3.8) is 0 Å². The van der Waals surface area contributed by atoms with Crippen LogP contribution in [-0.2, 0) is 10.2 Å². The van der Waals surface area contributed by atoms with Gasteiger partial charge in [0.15, 0.2) is 5.82 Å². The van der Waals surface area contributed by atoms with Gasteiger partial charge >= 0.3 is 0 Å². The van der Waals surface area contributed by atoms with Crippen molar-refractivity contribution in [2.24, 2.45) is 0 Å². The average Bonchev–Trinajstić information content (AvgIpc) is 2.82. The minimum Gasteiger partial charge on any atom is -0.336 e. The summed E-state index contributed by atoms with van der Waals surface area (Å²) in [7, 11) is 0. The standard InChI is InChI=1S/C15H20ClN5OS/c1-9-5-6-10(16)7-11(9)18-12(22)8-23-14-20-19-13(21(14)17)15(2,3)4/h5-7H,8,17H2,1-4H3,(H,18,22). The Morgan fingerprint density at radius 1 is 1.39 bits per heavy atom. The maximum Gasteiger partial charge on any atom is 0.234 e. The van der Waals surface area contributed by atoms with Crippen molar-refractivity contribution in [1.29, 1.82) is 0 Å². The van der Waals surface area contributed by atoms with Crippen LogP contribution in [0.5, 0.6) is 0 Å². The van der Waals surface area contributed by atoms with E-state index in [1.807, 2.05) is 33.8 Å². The normalized spacial score (nSPS) is 11.5. The van der Waals surface area contributed by atoms with Gasteiger partial charge in [-0.15, -0.1) is 10.2 Å². The summed E-state index contributed by atoms with van der Waals surface area (Å²) >= 11 is 7.19. The van der Waals surface area contributed by atoms with Crippen molar-refractivity contribution in [3.8, 4) is 0 Å². The summed E-state index contributed by atoms with van der Waals surface area (Å²) in [4.78, 5) is 12.1. The number of hydrogen-bond donors (Lipinski definition) is 2. The number of rotatable bonds is 4. The number of carbonyl (C=O) groups is 1. The topological polar surface area (TPSA) is 85.8 Å². The Morgan fingerprint density at radius 3 is 2.70 bits per heavy atom. The highest BCUT2D eigenvalue weighted by molar-refractivity contribution is 7.99. The molecule has 0 unspecified atom stereocenters. The van der Waals surface area contributed by atoms with Crippen LogP contribution in [0.4, 0.5) is 5.69 Å². The SMILES string of the molecule is Cc1ccc(Cl)cc1NC(=O)CSc1nnc(C(C)(C)C)n1N. The lowest BCUT2D eigenvalue weighted by molar-refractivity contribution is -0.113. The molecule has 6 nitrogen and oxygen atoms in total. The van der Waals surface area contributed by atoms with Crippen molar-refractivity contribution in [3.05, 3.63) is 34.6 Å². The van der Waals surface area contributed by atoms with Crippen LogP contribution in [0.1, 0.15) is 32.2 Å². The average molecular weight is 354 g/mol. The van der Waals surface area contributed by atoms with Gasteiger partial charge in [-0.1, -0.05) is 50.2 Å². The molecule has 0 atom stereocenters. The van der Waals surface area contributed by atoms with Gasteiger partial charge in [0, 0.05) is 16.1 Å². The summed E-state index contributed by atoms with van der Waals surface area (Å²) in [6.07, 6.45) is 0. The molecule has 0 spiro atoms. The second-order valence-corrected chi connectivity index (χ2v) is 7.60. The monoisotopic (exact) mass is 353 g/mol. The third-order valence-corrected chi connectivity index (χ3v) is 4.32. The second kappa shape index (κ2) is 6.80. The van der Waals surface area contributed by atoms with Crippen LogP contribution in [0.25, 0.3) is 0 Å². The van der Waals surface area contributed by atoms with Gasteiger partial charge < -0.3 is 11.2 Å². The van der Waals surface area contributed by atoms with Crippen LogP contribution in [0.3, 0.4) is 0 Å². The third-order valence-electron chi connectivity index (χ3n) is 3.14. The molecule has 0 fully saturated rings. The Morgan fingerprint density at radius 2 is 2.09 bits per heavy atom. The first-order chi connectivity index (χ1) is 10.7. The largest absolute Gasteiger partial charge is 0.336 e. The molecule has 0 saturated heterocycles. The molecule has 124 valence electrons. The molecule has 23 heavy (non-hydrogen) atoms. The Balaban J connectivity index is 2.00. The molecular formula is C15H20ClN5OS. The zero-order chi connectivity index (χ0) is 17.2. The number of benzene rings is 1. The molecule has 3 N–H and O–H groups in total. The zero-order valence-electron chi connectivity index (χ0n) is 13.6. The molecule has 0 saturated carbocycles. The fourth-order valence-corrected chi connectivity index (χ4v) is 2.76. The number of nitrogens with zero attached hydrogens (tertiary/aromatic N) is 3. The summed E-state index contributed by atoms with van der Waals surface area (Å²) in [5.41, 5.74) is 1.44. The van der Waals surface area contributed by atoms with E-state index in [4.69, 9.17) is 17.4 Å². The van der Waals surface area contributed by atoms with E-state index in [9.17, 15) is 4.79 Å². The minimum atomic E-state index is -0.208. The molecule has 0 aliphatic rings. The molecule has 0 radical (unpaired) electrons. The number of halogens is 1. The number of aryl methyl sites for hydroxylation is 1. The van der Waals surface area contributed by atoms with Gasteiger partial charge in [0.1, 0.15) is 0 Å². The van der Waals surface area contributed by atoms with Gasteiger partial charge in [0.2, 0.25) is 11.1 Å². The smallest absolute Gasteiger partial charge is 0.234 e. The van der Waals surface area contributed by atoms with Crippen molar-refractivity contribution in [2.75, 3.05) is 16.9 Å². The van der Waals surface area contributed by atoms with Gasteiger partial charge in [-0.2, -0.15) is 0 Å². The summed E-state index contributed by atoms with van der Waals surface area (Å²) < 4.78 is 1.43. The molecule has 1 aromatic carbocycles. The van der Waals surface area contributed by atoms with Crippen LogP contribution in [0, 0.1) is 6.92 Å². The van der Waals surface area contributed by atoms with E-state index < -0.39 is 0 Å². The highest BCUT2D eigenvalue weighted by atomic mass is 35.5. The van der Waals surface area contributed by atoms with Crippen LogP contribution < -0.4 is 11.2 Å². The maximum atomic E-state index is 12.1. The Labute approximate surface area is 144 Å². The number of anilines is 1.